The van der Waals surface area contributed by atoms with Crippen LogP contribution in [0.3, 0.4) is 0 Å². The number of H-pyrrole nitrogens is 1. The fraction of sp³-hybridized carbons (Fsp3) is 0.632. The van der Waals surface area contributed by atoms with Gasteiger partial charge in [-0.3, -0.25) is 4.40 Å². The van der Waals surface area contributed by atoms with Gasteiger partial charge in [0.1, 0.15) is 5.82 Å². The molecule has 3 heterocycles. The van der Waals surface area contributed by atoms with Crippen LogP contribution in [0.15, 0.2) is 18.5 Å². The summed E-state index contributed by atoms with van der Waals surface area (Å²) in [5.41, 5.74) is 2.49. The first kappa shape index (κ1) is 18.1. The summed E-state index contributed by atoms with van der Waals surface area (Å²) in [6, 6.07) is 1.95. The largest absolute Gasteiger partial charge is 0.345 e. The average molecular weight is 403 g/mol. The predicted molar refractivity (Wildman–Crippen MR) is 106 cm³/mol. The summed E-state index contributed by atoms with van der Waals surface area (Å²) in [5.74, 6) is 1.47. The molecule has 0 aromatic carbocycles. The zero-order chi connectivity index (χ0) is 19.3. The van der Waals surface area contributed by atoms with Crippen molar-refractivity contribution in [3.8, 4) is 0 Å². The molecule has 0 aliphatic heterocycles. The van der Waals surface area contributed by atoms with Crippen molar-refractivity contribution in [2.75, 3.05) is 0 Å². The van der Waals surface area contributed by atoms with Gasteiger partial charge in [-0.25, -0.2) is 18.1 Å². The van der Waals surface area contributed by atoms with Crippen LogP contribution in [0.2, 0.25) is 0 Å². The van der Waals surface area contributed by atoms with E-state index in [2.05, 4.69) is 36.2 Å². The van der Waals surface area contributed by atoms with Gasteiger partial charge in [-0.05, 0) is 37.7 Å². The summed E-state index contributed by atoms with van der Waals surface area (Å²) in [5, 5.41) is 8.60. The molecule has 2 saturated carbocycles. The molecular formula is C19H26N6O2S. The van der Waals surface area contributed by atoms with Gasteiger partial charge in [0.15, 0.2) is 11.3 Å². The van der Waals surface area contributed by atoms with Crippen molar-refractivity contribution >= 4 is 26.8 Å². The van der Waals surface area contributed by atoms with E-state index in [1.54, 1.807) is 6.20 Å². The number of nitrogens with zero attached hydrogens (tertiary/aromatic N) is 4. The predicted octanol–water partition coefficient (Wildman–Crippen LogP) is 2.74. The number of aromatic nitrogens is 5. The minimum absolute atomic E-state index is 0.0311. The summed E-state index contributed by atoms with van der Waals surface area (Å²) in [4.78, 5) is 7.52. The van der Waals surface area contributed by atoms with Crippen molar-refractivity contribution in [3.63, 3.8) is 0 Å². The third kappa shape index (κ3) is 2.91. The Bertz CT molecular complexity index is 1100. The third-order valence-electron chi connectivity index (χ3n) is 6.59. The number of fused-ring (bicyclic) bond motifs is 3. The normalized spacial score (nSPS) is 26.7. The van der Waals surface area contributed by atoms with Crippen LogP contribution in [0.5, 0.6) is 0 Å². The van der Waals surface area contributed by atoms with Crippen LogP contribution < -0.4 is 4.72 Å². The van der Waals surface area contributed by atoms with E-state index < -0.39 is 10.0 Å². The first-order valence-electron chi connectivity index (χ1n) is 10.2. The highest BCUT2D eigenvalue weighted by Crippen LogP contribution is 2.42. The molecule has 0 amide bonds. The third-order valence-corrected chi connectivity index (χ3v) is 8.60. The lowest BCUT2D eigenvalue weighted by atomic mass is 9.93. The zero-order valence-corrected chi connectivity index (χ0v) is 16.8. The minimum atomic E-state index is -3.24. The lowest BCUT2D eigenvalue weighted by Crippen LogP contribution is -2.39. The minimum Gasteiger partial charge on any atom is -0.345 e. The van der Waals surface area contributed by atoms with Gasteiger partial charge in [-0.15, -0.1) is 10.2 Å². The van der Waals surface area contributed by atoms with Crippen molar-refractivity contribution in [1.29, 1.82) is 0 Å². The second-order valence-electron chi connectivity index (χ2n) is 8.23. The Kier molecular flexibility index (Phi) is 4.39. The number of hydrogen-bond donors (Lipinski definition) is 2. The molecule has 2 aliphatic rings. The average Bonchev–Trinajstić information content (AvgIpc) is 3.44. The van der Waals surface area contributed by atoms with Gasteiger partial charge in [0.05, 0.1) is 17.0 Å². The van der Waals surface area contributed by atoms with Crippen molar-refractivity contribution in [2.45, 2.75) is 69.1 Å². The molecule has 0 radical (unpaired) electrons. The van der Waals surface area contributed by atoms with Crippen LogP contribution in [0.25, 0.3) is 16.8 Å². The molecule has 3 aromatic rings. The molecule has 0 spiro atoms. The highest BCUT2D eigenvalue weighted by Gasteiger charge is 2.40. The van der Waals surface area contributed by atoms with E-state index in [0.29, 0.717) is 5.92 Å². The van der Waals surface area contributed by atoms with Crippen LogP contribution in [0.1, 0.15) is 63.6 Å². The van der Waals surface area contributed by atoms with Gasteiger partial charge >= 0.3 is 0 Å². The van der Waals surface area contributed by atoms with Crippen LogP contribution in [0, 0.1) is 5.92 Å². The first-order valence-corrected chi connectivity index (χ1v) is 11.8. The van der Waals surface area contributed by atoms with Gasteiger partial charge in [-0.1, -0.05) is 26.2 Å². The van der Waals surface area contributed by atoms with Gasteiger partial charge < -0.3 is 4.98 Å². The quantitative estimate of drug-likeness (QED) is 0.683. The molecule has 0 unspecified atom stereocenters. The Morgan fingerprint density at radius 3 is 2.86 bits per heavy atom. The number of rotatable bonds is 5. The second-order valence-corrected chi connectivity index (χ2v) is 10.2. The summed E-state index contributed by atoms with van der Waals surface area (Å²) >= 11 is 0. The molecule has 0 bridgehead atoms. The van der Waals surface area contributed by atoms with Crippen LogP contribution in [-0.4, -0.2) is 44.3 Å². The molecule has 2 aliphatic carbocycles. The fourth-order valence-electron chi connectivity index (χ4n) is 5.15. The molecular weight excluding hydrogens is 376 g/mol. The highest BCUT2D eigenvalue weighted by molar-refractivity contribution is 7.90. The molecule has 9 heteroatoms. The molecule has 8 nitrogen and oxygen atoms in total. The Balaban J connectivity index is 1.45. The van der Waals surface area contributed by atoms with Crippen molar-refractivity contribution < 1.29 is 8.42 Å². The first-order chi connectivity index (χ1) is 13.6. The van der Waals surface area contributed by atoms with E-state index in [-0.39, 0.29) is 17.2 Å². The molecule has 2 fully saturated rings. The van der Waals surface area contributed by atoms with Crippen LogP contribution in [-0.2, 0) is 10.0 Å². The number of nitrogens with one attached hydrogen (secondary N) is 2. The Labute approximate surface area is 164 Å². The lowest BCUT2D eigenvalue weighted by molar-refractivity contribution is 0.449. The smallest absolute Gasteiger partial charge is 0.214 e. The monoisotopic (exact) mass is 402 g/mol. The highest BCUT2D eigenvalue weighted by atomic mass is 32.2. The molecule has 0 saturated heterocycles. The van der Waals surface area contributed by atoms with Crippen molar-refractivity contribution in [3.05, 3.63) is 24.3 Å². The lowest BCUT2D eigenvalue weighted by Gasteiger charge is -2.17. The Morgan fingerprint density at radius 2 is 2.07 bits per heavy atom. The molecule has 2 N–H and O–H groups in total. The molecule has 3 atom stereocenters. The zero-order valence-electron chi connectivity index (χ0n) is 16.0. The SMILES string of the molecule is CC[C@@H]1C[C@H](NS(=O)(=O)C2CCCC2)C[C@@H]1c1nnc2cnc3[nH]ccc3n12. The molecule has 28 heavy (non-hydrogen) atoms. The van der Waals surface area contributed by atoms with Crippen LogP contribution >= 0.6 is 0 Å². The molecule has 3 aromatic heterocycles. The number of sulfonamides is 1. The van der Waals surface area contributed by atoms with Crippen LogP contribution in [0.4, 0.5) is 0 Å². The number of hydrogen-bond acceptors (Lipinski definition) is 5. The summed E-state index contributed by atoms with van der Waals surface area (Å²) in [6.45, 7) is 2.17. The maximum Gasteiger partial charge on any atom is 0.214 e. The van der Waals surface area contributed by atoms with E-state index in [9.17, 15) is 8.42 Å². The van der Waals surface area contributed by atoms with Gasteiger partial charge in [-0.2, -0.15) is 0 Å². The van der Waals surface area contributed by atoms with E-state index in [4.69, 9.17) is 0 Å². The van der Waals surface area contributed by atoms with Crippen molar-refractivity contribution in [2.24, 2.45) is 5.92 Å². The second kappa shape index (κ2) is 6.81. The molecule has 150 valence electrons. The van der Waals surface area contributed by atoms with E-state index >= 15 is 0 Å². The van der Waals surface area contributed by atoms with Gasteiger partial charge in [0.25, 0.3) is 0 Å². The summed E-state index contributed by atoms with van der Waals surface area (Å²) < 4.78 is 30.6. The Morgan fingerprint density at radius 1 is 1.25 bits per heavy atom. The van der Waals surface area contributed by atoms with Crippen molar-refractivity contribution in [1.82, 2.24) is 29.3 Å². The maximum absolute atomic E-state index is 12.8. The Hall–Kier alpha value is -2.00. The summed E-state index contributed by atoms with van der Waals surface area (Å²) in [6.07, 6.45) is 9.81. The van der Waals surface area contributed by atoms with E-state index in [0.717, 1.165) is 67.6 Å². The standard InChI is InChI=1S/C19H26N6O2S/c1-2-12-9-13(24-28(26,27)14-5-3-4-6-14)10-15(12)19-23-22-17-11-21-18-16(25(17)19)7-8-20-18/h7-8,11-15,20,24H,2-6,9-10H2,1H3/t12-,13+,15+/m1/s1. The van der Waals surface area contributed by atoms with Gasteiger partial charge in [0.2, 0.25) is 10.0 Å². The number of aromatic amines is 1. The maximum atomic E-state index is 12.8. The van der Waals surface area contributed by atoms with E-state index in [1.807, 2.05) is 12.3 Å². The van der Waals surface area contributed by atoms with E-state index in [1.165, 1.54) is 0 Å². The fourth-order valence-corrected chi connectivity index (χ4v) is 6.96. The molecule has 5 rings (SSSR count). The summed E-state index contributed by atoms with van der Waals surface area (Å²) in [7, 11) is -3.24. The van der Waals surface area contributed by atoms with Gasteiger partial charge in [0, 0.05) is 18.2 Å². The topological polar surface area (TPSA) is 105 Å².